The van der Waals surface area contributed by atoms with Crippen LogP contribution in [-0.4, -0.2) is 52.1 Å². The molecule has 0 amide bonds. The molecule has 0 aromatic carbocycles. The number of nitrogens with zero attached hydrogens (tertiary/aromatic N) is 6. The summed E-state index contributed by atoms with van der Waals surface area (Å²) in [6, 6.07) is 0. The first-order valence-corrected chi connectivity index (χ1v) is 5.76. The molecule has 0 unspecified atom stereocenters. The molecular formula is C9H14N6O4. The average molecular weight is 270 g/mol. The van der Waals surface area contributed by atoms with E-state index in [-0.39, 0.29) is 18.5 Å². The lowest BCUT2D eigenvalue weighted by molar-refractivity contribution is -0.297. The van der Waals surface area contributed by atoms with Gasteiger partial charge in [-0.05, 0) is 11.1 Å². The van der Waals surface area contributed by atoms with Crippen molar-refractivity contribution in [1.82, 2.24) is 0 Å². The molecule has 0 saturated carbocycles. The molecule has 0 bridgehead atoms. The number of ether oxygens (including phenoxy) is 4. The molecule has 0 aromatic rings. The van der Waals surface area contributed by atoms with Gasteiger partial charge >= 0.3 is 0 Å². The monoisotopic (exact) mass is 270 g/mol. The van der Waals surface area contributed by atoms with Crippen molar-refractivity contribution in [2.24, 2.45) is 15.6 Å². The Morgan fingerprint density at radius 1 is 0.842 bits per heavy atom. The highest BCUT2D eigenvalue weighted by atomic mass is 16.7. The first-order chi connectivity index (χ1) is 9.28. The smallest absolute Gasteiger partial charge is 0.163 e. The quantitative estimate of drug-likeness (QED) is 0.432. The maximum atomic E-state index is 8.21. The van der Waals surface area contributed by atoms with Crippen LogP contribution in [0.15, 0.2) is 10.2 Å². The van der Waals surface area contributed by atoms with E-state index in [4.69, 9.17) is 30.0 Å². The highest BCUT2D eigenvalue weighted by Gasteiger charge is 2.41. The van der Waals surface area contributed by atoms with Gasteiger partial charge in [-0.25, -0.2) is 0 Å². The molecule has 0 radical (unpaired) electrons. The molecule has 0 aromatic heterocycles. The summed E-state index contributed by atoms with van der Waals surface area (Å²) >= 11 is 0. The van der Waals surface area contributed by atoms with Crippen molar-refractivity contribution < 1.29 is 18.9 Å². The maximum absolute atomic E-state index is 8.21. The van der Waals surface area contributed by atoms with Crippen LogP contribution in [0.1, 0.15) is 0 Å². The summed E-state index contributed by atoms with van der Waals surface area (Å²) in [6.45, 7) is 1.93. The molecule has 2 rings (SSSR count). The Hall–Kier alpha value is -1.54. The van der Waals surface area contributed by atoms with Crippen LogP contribution in [0, 0.1) is 5.41 Å². The SMILES string of the molecule is [N-]=[N+]=NCC1OCC2(CO1)COC(CN=[N+]=[N-])OC2. The second kappa shape index (κ2) is 6.58. The summed E-state index contributed by atoms with van der Waals surface area (Å²) in [5.74, 6) is 0. The molecule has 10 nitrogen and oxygen atoms in total. The van der Waals surface area contributed by atoms with E-state index in [2.05, 4.69) is 20.1 Å². The average Bonchev–Trinajstić information content (AvgIpc) is 2.46. The highest BCUT2D eigenvalue weighted by Crippen LogP contribution is 2.30. The van der Waals surface area contributed by atoms with Crippen LogP contribution in [-0.2, 0) is 18.9 Å². The minimum Gasteiger partial charge on any atom is -0.352 e. The van der Waals surface area contributed by atoms with Crippen LogP contribution < -0.4 is 0 Å². The second-order valence-electron chi connectivity index (χ2n) is 4.43. The second-order valence-corrected chi connectivity index (χ2v) is 4.43. The van der Waals surface area contributed by atoms with E-state index in [0.29, 0.717) is 26.4 Å². The van der Waals surface area contributed by atoms with Crippen LogP contribution in [0.2, 0.25) is 0 Å². The van der Waals surface area contributed by atoms with Crippen LogP contribution in [0.4, 0.5) is 0 Å². The summed E-state index contributed by atoms with van der Waals surface area (Å²) in [6.07, 6.45) is -1.02. The van der Waals surface area contributed by atoms with Crippen molar-refractivity contribution in [3.63, 3.8) is 0 Å². The van der Waals surface area contributed by atoms with Crippen molar-refractivity contribution in [3.05, 3.63) is 20.9 Å². The van der Waals surface area contributed by atoms with E-state index < -0.39 is 12.6 Å². The van der Waals surface area contributed by atoms with Crippen LogP contribution in [0.5, 0.6) is 0 Å². The molecule has 2 aliphatic rings. The third-order valence-electron chi connectivity index (χ3n) is 2.89. The number of rotatable bonds is 4. The predicted molar refractivity (Wildman–Crippen MR) is 61.8 cm³/mol. The normalized spacial score (nSPS) is 34.3. The Labute approximate surface area is 108 Å². The Morgan fingerprint density at radius 3 is 1.53 bits per heavy atom. The summed E-state index contributed by atoms with van der Waals surface area (Å²) in [7, 11) is 0. The van der Waals surface area contributed by atoms with Crippen molar-refractivity contribution in [2.45, 2.75) is 12.6 Å². The van der Waals surface area contributed by atoms with Crippen molar-refractivity contribution >= 4 is 0 Å². The Balaban J connectivity index is 1.78. The lowest BCUT2D eigenvalue weighted by Crippen LogP contribution is -2.53. The minimum atomic E-state index is -0.512. The van der Waals surface area contributed by atoms with Gasteiger partial charge in [0.2, 0.25) is 0 Å². The molecule has 2 saturated heterocycles. The van der Waals surface area contributed by atoms with E-state index >= 15 is 0 Å². The first-order valence-electron chi connectivity index (χ1n) is 5.76. The minimum absolute atomic E-state index is 0.147. The Morgan fingerprint density at radius 2 is 1.21 bits per heavy atom. The van der Waals surface area contributed by atoms with Crippen molar-refractivity contribution in [2.75, 3.05) is 39.5 Å². The predicted octanol–water partition coefficient (Wildman–Crippen LogP) is 1.34. The zero-order valence-corrected chi connectivity index (χ0v) is 10.2. The first kappa shape index (κ1) is 13.9. The van der Waals surface area contributed by atoms with Gasteiger partial charge in [-0.2, -0.15) is 0 Å². The molecule has 19 heavy (non-hydrogen) atoms. The molecule has 0 atom stereocenters. The van der Waals surface area contributed by atoms with E-state index in [0.717, 1.165) is 0 Å². The molecule has 104 valence electrons. The lowest BCUT2D eigenvalue weighted by Gasteiger charge is -2.43. The van der Waals surface area contributed by atoms with Gasteiger partial charge in [0.1, 0.15) is 0 Å². The lowest BCUT2D eigenvalue weighted by atomic mass is 9.91. The molecule has 10 heteroatoms. The zero-order chi connectivity index (χ0) is 13.6. The Bertz CT molecular complexity index is 348. The van der Waals surface area contributed by atoms with Crippen molar-refractivity contribution in [1.29, 1.82) is 0 Å². The topological polar surface area (TPSA) is 134 Å². The van der Waals surface area contributed by atoms with E-state index in [9.17, 15) is 0 Å². The number of azide groups is 2. The standard InChI is InChI=1S/C9H14N6O4/c10-14-12-1-7-16-3-9(4-17-7)5-18-8(19-6-9)2-13-15-11/h7-8H,1-6H2. The van der Waals surface area contributed by atoms with Gasteiger partial charge in [0.15, 0.2) is 12.6 Å². The summed E-state index contributed by atoms with van der Waals surface area (Å²) in [4.78, 5) is 5.30. The summed E-state index contributed by atoms with van der Waals surface area (Å²) in [5.41, 5.74) is 16.1. The van der Waals surface area contributed by atoms with Crippen LogP contribution in [0.25, 0.3) is 20.9 Å². The van der Waals surface area contributed by atoms with Crippen LogP contribution >= 0.6 is 0 Å². The van der Waals surface area contributed by atoms with Crippen molar-refractivity contribution in [3.8, 4) is 0 Å². The fourth-order valence-electron chi connectivity index (χ4n) is 1.84. The molecule has 2 fully saturated rings. The Kier molecular flexibility index (Phi) is 4.80. The van der Waals surface area contributed by atoms with Gasteiger partial charge in [0.25, 0.3) is 0 Å². The van der Waals surface area contributed by atoms with Gasteiger partial charge < -0.3 is 18.9 Å². The molecule has 2 heterocycles. The zero-order valence-electron chi connectivity index (χ0n) is 10.2. The van der Waals surface area contributed by atoms with Gasteiger partial charge in [0, 0.05) is 9.82 Å². The molecule has 2 aliphatic heterocycles. The fraction of sp³-hybridized carbons (Fsp3) is 1.00. The van der Waals surface area contributed by atoms with E-state index in [1.807, 2.05) is 0 Å². The van der Waals surface area contributed by atoms with Gasteiger partial charge in [-0.15, -0.1) is 0 Å². The molecular weight excluding hydrogens is 256 g/mol. The molecule has 0 N–H and O–H groups in total. The fourth-order valence-corrected chi connectivity index (χ4v) is 1.84. The summed E-state index contributed by atoms with van der Waals surface area (Å²) in [5, 5.41) is 6.79. The van der Waals surface area contributed by atoms with E-state index in [1.54, 1.807) is 0 Å². The summed E-state index contributed by atoms with van der Waals surface area (Å²) < 4.78 is 21.8. The van der Waals surface area contributed by atoms with E-state index in [1.165, 1.54) is 0 Å². The third-order valence-corrected chi connectivity index (χ3v) is 2.89. The number of hydrogen-bond acceptors (Lipinski definition) is 6. The highest BCUT2D eigenvalue weighted by molar-refractivity contribution is 4.84. The number of hydrogen-bond donors (Lipinski definition) is 0. The third kappa shape index (κ3) is 3.71. The van der Waals surface area contributed by atoms with Gasteiger partial charge in [0.05, 0.1) is 44.9 Å². The largest absolute Gasteiger partial charge is 0.352 e. The van der Waals surface area contributed by atoms with Gasteiger partial charge in [-0.3, -0.25) is 0 Å². The molecule has 1 spiro atoms. The van der Waals surface area contributed by atoms with Gasteiger partial charge in [-0.1, -0.05) is 10.2 Å². The maximum Gasteiger partial charge on any atom is 0.163 e. The van der Waals surface area contributed by atoms with Crippen LogP contribution in [0.3, 0.4) is 0 Å². The molecule has 0 aliphatic carbocycles.